The third-order valence-electron chi connectivity index (χ3n) is 6.94. The fourth-order valence-corrected chi connectivity index (χ4v) is 4.52. The van der Waals surface area contributed by atoms with Gasteiger partial charge in [-0.05, 0) is 37.0 Å². The van der Waals surface area contributed by atoms with Crippen molar-refractivity contribution in [3.05, 3.63) is 53.2 Å². The molecular formula is C24H30FN3O3. The minimum Gasteiger partial charge on any atom is -0.473 e. The van der Waals surface area contributed by atoms with Crippen LogP contribution in [0.25, 0.3) is 0 Å². The summed E-state index contributed by atoms with van der Waals surface area (Å²) in [6, 6.07) is 11.8. The fraction of sp³-hybridized carbons (Fsp3) is 0.500. The van der Waals surface area contributed by atoms with Crippen molar-refractivity contribution in [2.75, 3.05) is 31.2 Å². The molecule has 0 saturated carbocycles. The van der Waals surface area contributed by atoms with Crippen LogP contribution >= 0.6 is 0 Å². The maximum Gasteiger partial charge on any atom is 0.227 e. The number of rotatable bonds is 7. The SMILES string of the molecule is Cc1cc(N2CC(O)C2)cc(OCc2ccc(C(C)[C@@]3(C)C(=O)NC[C@@H]3CF)cc2)n1. The molecule has 2 N–H and O–H groups in total. The Labute approximate surface area is 182 Å². The second-order valence-electron chi connectivity index (χ2n) is 8.96. The van der Waals surface area contributed by atoms with E-state index < -0.39 is 12.1 Å². The number of carbonyl (C=O) groups is 1. The van der Waals surface area contributed by atoms with E-state index in [0.29, 0.717) is 32.1 Å². The summed E-state index contributed by atoms with van der Waals surface area (Å²) in [5.41, 5.74) is 3.11. The second-order valence-corrected chi connectivity index (χ2v) is 8.96. The molecule has 0 radical (unpaired) electrons. The van der Waals surface area contributed by atoms with Crippen molar-refractivity contribution in [2.24, 2.45) is 11.3 Å². The van der Waals surface area contributed by atoms with Gasteiger partial charge in [-0.15, -0.1) is 0 Å². The summed E-state index contributed by atoms with van der Waals surface area (Å²) >= 11 is 0. The van der Waals surface area contributed by atoms with Crippen molar-refractivity contribution in [3.63, 3.8) is 0 Å². The van der Waals surface area contributed by atoms with Gasteiger partial charge in [-0.1, -0.05) is 31.2 Å². The Kier molecular flexibility index (Phi) is 5.88. The summed E-state index contributed by atoms with van der Waals surface area (Å²) in [5, 5.41) is 12.3. The normalized spacial score (nSPS) is 24.6. The van der Waals surface area contributed by atoms with Crippen LogP contribution in [0.15, 0.2) is 36.4 Å². The Morgan fingerprint density at radius 1 is 1.32 bits per heavy atom. The highest BCUT2D eigenvalue weighted by molar-refractivity contribution is 5.86. The number of amides is 1. The van der Waals surface area contributed by atoms with E-state index in [4.69, 9.17) is 4.74 Å². The average molecular weight is 428 g/mol. The zero-order chi connectivity index (χ0) is 22.2. The van der Waals surface area contributed by atoms with E-state index >= 15 is 0 Å². The van der Waals surface area contributed by atoms with Crippen LogP contribution in [-0.2, 0) is 11.4 Å². The summed E-state index contributed by atoms with van der Waals surface area (Å²) in [7, 11) is 0. The predicted octanol–water partition coefficient (Wildman–Crippen LogP) is 2.98. The molecule has 0 spiro atoms. The van der Waals surface area contributed by atoms with Gasteiger partial charge >= 0.3 is 0 Å². The number of anilines is 1. The largest absolute Gasteiger partial charge is 0.473 e. The van der Waals surface area contributed by atoms with E-state index in [0.717, 1.165) is 22.5 Å². The number of aromatic nitrogens is 1. The lowest BCUT2D eigenvalue weighted by Gasteiger charge is -2.38. The topological polar surface area (TPSA) is 74.7 Å². The molecule has 6 nitrogen and oxygen atoms in total. The highest BCUT2D eigenvalue weighted by Gasteiger charge is 2.50. The number of benzene rings is 1. The first kappa shape index (κ1) is 21.6. The minimum atomic E-state index is -0.751. The van der Waals surface area contributed by atoms with Gasteiger partial charge in [0.2, 0.25) is 11.8 Å². The molecule has 2 aliphatic heterocycles. The molecule has 3 heterocycles. The minimum absolute atomic E-state index is 0.0777. The molecule has 3 atom stereocenters. The van der Waals surface area contributed by atoms with Crippen molar-refractivity contribution in [3.8, 4) is 5.88 Å². The van der Waals surface area contributed by atoms with Crippen molar-refractivity contribution in [1.29, 1.82) is 0 Å². The van der Waals surface area contributed by atoms with Crippen LogP contribution in [0.5, 0.6) is 5.88 Å². The summed E-state index contributed by atoms with van der Waals surface area (Å²) < 4.78 is 19.4. The van der Waals surface area contributed by atoms with Gasteiger partial charge in [-0.25, -0.2) is 4.98 Å². The van der Waals surface area contributed by atoms with Gasteiger partial charge < -0.3 is 20.1 Å². The second kappa shape index (κ2) is 8.46. The lowest BCUT2D eigenvalue weighted by molar-refractivity contribution is -0.129. The number of carbonyl (C=O) groups excluding carboxylic acids is 1. The third-order valence-corrected chi connectivity index (χ3v) is 6.94. The van der Waals surface area contributed by atoms with Crippen molar-refractivity contribution >= 4 is 11.6 Å². The molecule has 2 aromatic rings. The highest BCUT2D eigenvalue weighted by atomic mass is 19.1. The molecule has 1 aromatic carbocycles. The Bertz CT molecular complexity index is 946. The monoisotopic (exact) mass is 427 g/mol. The Morgan fingerprint density at radius 3 is 2.68 bits per heavy atom. The zero-order valence-electron chi connectivity index (χ0n) is 18.3. The fourth-order valence-electron chi connectivity index (χ4n) is 4.52. The molecule has 2 aliphatic rings. The number of pyridine rings is 1. The Morgan fingerprint density at radius 2 is 2.03 bits per heavy atom. The summed E-state index contributed by atoms with van der Waals surface area (Å²) in [4.78, 5) is 19.0. The number of nitrogens with one attached hydrogen (secondary N) is 1. The number of β-amino-alcohol motifs (C(OH)–C–C–N with tert-alkyl or cyclic N) is 1. The molecule has 7 heteroatoms. The third kappa shape index (κ3) is 4.11. The van der Waals surface area contributed by atoms with Crippen LogP contribution in [0.3, 0.4) is 0 Å². The van der Waals surface area contributed by atoms with Crippen molar-refractivity contribution < 1.29 is 19.0 Å². The Balaban J connectivity index is 1.42. The standard InChI is InChI=1S/C24H30FN3O3/c1-15-8-20(28-12-21(29)13-28)9-22(27-15)31-14-17-4-6-18(7-5-17)16(2)24(3)19(10-25)11-26-23(24)30/h4-9,16,19,21,29H,10-14H2,1-3H3,(H,26,30)/t16?,19-,24+/m0/s1. The number of alkyl halides is 1. The molecule has 2 saturated heterocycles. The number of hydrogen-bond acceptors (Lipinski definition) is 5. The van der Waals surface area contributed by atoms with Gasteiger partial charge in [0.15, 0.2) is 0 Å². The van der Waals surface area contributed by atoms with Gasteiger partial charge in [-0.3, -0.25) is 9.18 Å². The molecule has 0 bridgehead atoms. The highest BCUT2D eigenvalue weighted by Crippen LogP contribution is 2.45. The van der Waals surface area contributed by atoms with Crippen molar-refractivity contribution in [1.82, 2.24) is 10.3 Å². The van der Waals surface area contributed by atoms with Gasteiger partial charge in [0, 0.05) is 43.0 Å². The van der Waals surface area contributed by atoms with E-state index in [1.54, 1.807) is 0 Å². The summed E-state index contributed by atoms with van der Waals surface area (Å²) in [6.45, 7) is 7.29. The average Bonchev–Trinajstić information content (AvgIpc) is 3.04. The molecule has 31 heavy (non-hydrogen) atoms. The lowest BCUT2D eigenvalue weighted by Crippen LogP contribution is -2.50. The first-order valence-electron chi connectivity index (χ1n) is 10.8. The molecule has 2 fully saturated rings. The number of ether oxygens (including phenoxy) is 1. The van der Waals surface area contributed by atoms with E-state index in [1.165, 1.54) is 0 Å². The number of aliphatic hydroxyl groups excluding tert-OH is 1. The summed E-state index contributed by atoms with van der Waals surface area (Å²) in [6.07, 6.45) is -0.267. The van der Waals surface area contributed by atoms with Gasteiger partial charge in [0.05, 0.1) is 18.2 Å². The number of aliphatic hydroxyl groups is 1. The predicted molar refractivity (Wildman–Crippen MR) is 117 cm³/mol. The number of halogens is 1. The quantitative estimate of drug-likeness (QED) is 0.711. The molecule has 1 amide bonds. The summed E-state index contributed by atoms with van der Waals surface area (Å²) in [5.74, 6) is 0.0616. The van der Waals surface area contributed by atoms with E-state index in [-0.39, 0.29) is 23.8 Å². The Hall–Kier alpha value is -2.67. The molecule has 1 aromatic heterocycles. The smallest absolute Gasteiger partial charge is 0.227 e. The van der Waals surface area contributed by atoms with Crippen LogP contribution in [0.4, 0.5) is 10.1 Å². The van der Waals surface area contributed by atoms with E-state index in [2.05, 4.69) is 15.2 Å². The maximum absolute atomic E-state index is 13.5. The first-order chi connectivity index (χ1) is 14.8. The maximum atomic E-state index is 13.5. The zero-order valence-corrected chi connectivity index (χ0v) is 18.3. The van der Waals surface area contributed by atoms with Gasteiger partial charge in [-0.2, -0.15) is 0 Å². The van der Waals surface area contributed by atoms with Gasteiger partial charge in [0.25, 0.3) is 0 Å². The number of hydrogen-bond donors (Lipinski definition) is 2. The van der Waals surface area contributed by atoms with Crippen LogP contribution < -0.4 is 15.0 Å². The number of aryl methyl sites for hydroxylation is 1. The van der Waals surface area contributed by atoms with E-state index in [1.807, 2.05) is 57.2 Å². The first-order valence-corrected chi connectivity index (χ1v) is 10.8. The van der Waals surface area contributed by atoms with Crippen LogP contribution in [-0.4, -0.2) is 48.4 Å². The van der Waals surface area contributed by atoms with E-state index in [9.17, 15) is 14.3 Å². The van der Waals surface area contributed by atoms with Gasteiger partial charge in [0.1, 0.15) is 6.61 Å². The van der Waals surface area contributed by atoms with Crippen LogP contribution in [0, 0.1) is 18.3 Å². The van der Waals surface area contributed by atoms with Crippen LogP contribution in [0.2, 0.25) is 0 Å². The number of nitrogens with zero attached hydrogens (tertiary/aromatic N) is 2. The molecule has 4 rings (SSSR count). The van der Waals surface area contributed by atoms with Crippen LogP contribution in [0.1, 0.15) is 36.6 Å². The van der Waals surface area contributed by atoms with Crippen molar-refractivity contribution in [2.45, 2.75) is 39.4 Å². The molecular weight excluding hydrogens is 397 g/mol. The molecule has 166 valence electrons. The molecule has 0 aliphatic carbocycles. The molecule has 1 unspecified atom stereocenters. The lowest BCUT2D eigenvalue weighted by atomic mass is 9.68.